The molecule has 0 saturated carbocycles. The molecule has 1 heterocycles. The van der Waals surface area contributed by atoms with E-state index in [1.165, 1.54) is 4.57 Å². The Morgan fingerprint density at radius 1 is 1.26 bits per heavy atom. The monoisotopic (exact) mass is 260 g/mol. The Morgan fingerprint density at radius 2 is 1.89 bits per heavy atom. The SMILES string of the molecule is CCC(C)n1c(O)c(-c2ccccc2)c(=O)[nH]c1=O. The summed E-state index contributed by atoms with van der Waals surface area (Å²) in [6, 6.07) is 8.61. The van der Waals surface area contributed by atoms with Gasteiger partial charge in [0, 0.05) is 6.04 Å². The summed E-state index contributed by atoms with van der Waals surface area (Å²) >= 11 is 0. The summed E-state index contributed by atoms with van der Waals surface area (Å²) < 4.78 is 1.21. The molecule has 0 spiro atoms. The molecule has 0 bridgehead atoms. The lowest BCUT2D eigenvalue weighted by Gasteiger charge is -2.16. The highest BCUT2D eigenvalue weighted by Crippen LogP contribution is 2.26. The van der Waals surface area contributed by atoms with E-state index < -0.39 is 11.2 Å². The molecule has 5 nitrogen and oxygen atoms in total. The molecule has 2 rings (SSSR count). The van der Waals surface area contributed by atoms with Crippen LogP contribution in [0.2, 0.25) is 0 Å². The molecule has 0 fully saturated rings. The van der Waals surface area contributed by atoms with E-state index in [9.17, 15) is 14.7 Å². The highest BCUT2D eigenvalue weighted by molar-refractivity contribution is 5.67. The van der Waals surface area contributed by atoms with Crippen LogP contribution in [0.5, 0.6) is 5.88 Å². The largest absolute Gasteiger partial charge is 0.494 e. The lowest BCUT2D eigenvalue weighted by Crippen LogP contribution is -2.32. The molecular formula is C14H16N2O3. The van der Waals surface area contributed by atoms with Crippen molar-refractivity contribution in [2.24, 2.45) is 0 Å². The zero-order valence-electron chi connectivity index (χ0n) is 10.9. The quantitative estimate of drug-likeness (QED) is 0.884. The Kier molecular flexibility index (Phi) is 3.55. The number of nitrogens with zero attached hydrogens (tertiary/aromatic N) is 1. The van der Waals surface area contributed by atoms with Gasteiger partial charge in [0.05, 0.1) is 0 Å². The van der Waals surface area contributed by atoms with Crippen LogP contribution in [0.4, 0.5) is 0 Å². The van der Waals surface area contributed by atoms with Crippen molar-refractivity contribution in [2.45, 2.75) is 26.3 Å². The maximum atomic E-state index is 11.9. The third-order valence-electron chi connectivity index (χ3n) is 3.21. The topological polar surface area (TPSA) is 75.1 Å². The van der Waals surface area contributed by atoms with E-state index in [1.807, 2.05) is 19.9 Å². The number of nitrogens with one attached hydrogen (secondary N) is 1. The Morgan fingerprint density at radius 3 is 2.47 bits per heavy atom. The zero-order chi connectivity index (χ0) is 14.0. The first-order valence-corrected chi connectivity index (χ1v) is 6.19. The maximum absolute atomic E-state index is 11.9. The van der Waals surface area contributed by atoms with Crippen LogP contribution in [0.25, 0.3) is 11.1 Å². The first kappa shape index (κ1) is 13.1. The fraction of sp³-hybridized carbons (Fsp3) is 0.286. The number of aromatic amines is 1. The first-order chi connectivity index (χ1) is 9.06. The van der Waals surface area contributed by atoms with Gasteiger partial charge in [0.1, 0.15) is 5.56 Å². The van der Waals surface area contributed by atoms with E-state index in [1.54, 1.807) is 24.3 Å². The van der Waals surface area contributed by atoms with E-state index in [0.717, 1.165) is 0 Å². The van der Waals surface area contributed by atoms with Crippen LogP contribution in [0, 0.1) is 0 Å². The smallest absolute Gasteiger partial charge is 0.331 e. The van der Waals surface area contributed by atoms with Gasteiger partial charge in [-0.05, 0) is 18.9 Å². The molecule has 2 N–H and O–H groups in total. The summed E-state index contributed by atoms with van der Waals surface area (Å²) in [7, 11) is 0. The molecule has 1 unspecified atom stereocenters. The van der Waals surface area contributed by atoms with Crippen LogP contribution in [-0.2, 0) is 0 Å². The van der Waals surface area contributed by atoms with Gasteiger partial charge in [-0.15, -0.1) is 0 Å². The lowest BCUT2D eigenvalue weighted by atomic mass is 10.1. The van der Waals surface area contributed by atoms with Crippen molar-refractivity contribution >= 4 is 0 Å². The minimum atomic E-state index is -0.587. The van der Waals surface area contributed by atoms with E-state index in [-0.39, 0.29) is 17.5 Å². The van der Waals surface area contributed by atoms with Crippen LogP contribution in [0.1, 0.15) is 26.3 Å². The van der Waals surface area contributed by atoms with Crippen LogP contribution >= 0.6 is 0 Å². The lowest BCUT2D eigenvalue weighted by molar-refractivity contribution is 0.369. The number of hydrogen-bond donors (Lipinski definition) is 2. The van der Waals surface area contributed by atoms with Crippen molar-refractivity contribution in [3.63, 3.8) is 0 Å². The van der Waals surface area contributed by atoms with E-state index in [2.05, 4.69) is 4.98 Å². The van der Waals surface area contributed by atoms with E-state index in [0.29, 0.717) is 12.0 Å². The third kappa shape index (κ3) is 2.31. The number of aromatic nitrogens is 2. The fourth-order valence-corrected chi connectivity index (χ4v) is 1.99. The molecule has 100 valence electrons. The van der Waals surface area contributed by atoms with E-state index in [4.69, 9.17) is 0 Å². The summed E-state index contributed by atoms with van der Waals surface area (Å²) in [6.07, 6.45) is 0.674. The molecule has 0 saturated heterocycles. The normalized spacial score (nSPS) is 12.3. The zero-order valence-corrected chi connectivity index (χ0v) is 10.9. The van der Waals surface area contributed by atoms with Gasteiger partial charge in [-0.2, -0.15) is 0 Å². The van der Waals surface area contributed by atoms with Crippen LogP contribution in [0.15, 0.2) is 39.9 Å². The van der Waals surface area contributed by atoms with Crippen molar-refractivity contribution in [1.82, 2.24) is 9.55 Å². The number of benzene rings is 1. The van der Waals surface area contributed by atoms with Gasteiger partial charge in [-0.3, -0.25) is 14.3 Å². The van der Waals surface area contributed by atoms with Crippen LogP contribution < -0.4 is 11.2 Å². The average Bonchev–Trinajstić information content (AvgIpc) is 2.39. The maximum Gasteiger partial charge on any atom is 0.331 e. The second-order valence-corrected chi connectivity index (χ2v) is 4.45. The fourth-order valence-electron chi connectivity index (χ4n) is 1.99. The molecule has 5 heteroatoms. The summed E-state index contributed by atoms with van der Waals surface area (Å²) in [5.74, 6) is -0.283. The minimum absolute atomic E-state index is 0.125. The van der Waals surface area contributed by atoms with Gasteiger partial charge in [0.15, 0.2) is 0 Å². The second kappa shape index (κ2) is 5.14. The van der Waals surface area contributed by atoms with Crippen molar-refractivity contribution in [3.8, 4) is 17.0 Å². The molecule has 0 amide bonds. The highest BCUT2D eigenvalue weighted by Gasteiger charge is 2.18. The van der Waals surface area contributed by atoms with Gasteiger partial charge >= 0.3 is 5.69 Å². The summed E-state index contributed by atoms with van der Waals surface area (Å²) in [6.45, 7) is 3.72. The average molecular weight is 260 g/mol. The van der Waals surface area contributed by atoms with Gasteiger partial charge in [-0.25, -0.2) is 4.79 Å². The predicted molar refractivity (Wildman–Crippen MR) is 73.4 cm³/mol. The van der Waals surface area contributed by atoms with Crippen LogP contribution in [-0.4, -0.2) is 14.7 Å². The Labute approximate surface area is 110 Å². The number of rotatable bonds is 3. The molecule has 0 aliphatic rings. The van der Waals surface area contributed by atoms with Crippen molar-refractivity contribution in [1.29, 1.82) is 0 Å². The van der Waals surface area contributed by atoms with Gasteiger partial charge in [0.2, 0.25) is 5.88 Å². The first-order valence-electron chi connectivity index (χ1n) is 6.19. The standard InChI is InChI=1S/C14H16N2O3/c1-3-9(2)16-13(18)11(12(17)15-14(16)19)10-7-5-4-6-8-10/h4-9,18H,3H2,1-2H3,(H,15,17,19). The molecule has 1 atom stereocenters. The van der Waals surface area contributed by atoms with Crippen LogP contribution in [0.3, 0.4) is 0 Å². The highest BCUT2D eigenvalue weighted by atomic mass is 16.3. The Balaban J connectivity index is 2.76. The molecule has 0 aliphatic carbocycles. The number of aromatic hydroxyl groups is 1. The van der Waals surface area contributed by atoms with Gasteiger partial charge in [-0.1, -0.05) is 37.3 Å². The molecule has 1 aromatic carbocycles. The summed E-state index contributed by atoms with van der Waals surface area (Å²) in [4.78, 5) is 25.9. The van der Waals surface area contributed by atoms with Crippen molar-refractivity contribution < 1.29 is 5.11 Å². The molecular weight excluding hydrogens is 244 g/mol. The molecule has 0 radical (unpaired) electrons. The minimum Gasteiger partial charge on any atom is -0.494 e. The second-order valence-electron chi connectivity index (χ2n) is 4.45. The summed E-state index contributed by atoms with van der Waals surface area (Å²) in [5.41, 5.74) is -0.455. The Hall–Kier alpha value is -2.30. The molecule has 0 aliphatic heterocycles. The van der Waals surface area contributed by atoms with Crippen molar-refractivity contribution in [3.05, 3.63) is 51.2 Å². The predicted octanol–water partition coefficient (Wildman–Crippen LogP) is 1.88. The Bertz CT molecular complexity index is 686. The van der Waals surface area contributed by atoms with Crippen molar-refractivity contribution in [2.75, 3.05) is 0 Å². The van der Waals surface area contributed by atoms with Gasteiger partial charge < -0.3 is 5.11 Å². The number of hydrogen-bond acceptors (Lipinski definition) is 3. The number of H-pyrrole nitrogens is 1. The van der Waals surface area contributed by atoms with Gasteiger partial charge in [0.25, 0.3) is 5.56 Å². The molecule has 19 heavy (non-hydrogen) atoms. The molecule has 2 aromatic rings. The van der Waals surface area contributed by atoms with E-state index >= 15 is 0 Å². The summed E-state index contributed by atoms with van der Waals surface area (Å²) in [5, 5.41) is 10.2. The third-order valence-corrected chi connectivity index (χ3v) is 3.21. The molecule has 1 aromatic heterocycles.